The zero-order valence-corrected chi connectivity index (χ0v) is 10.7. The van der Waals surface area contributed by atoms with E-state index < -0.39 is 0 Å². The van der Waals surface area contributed by atoms with Crippen molar-refractivity contribution in [1.29, 1.82) is 5.26 Å². The standard InChI is InChI=1S/C14H13N3O2/c1-18-11-3-4-13(19-2)12(8-11)17-14-7-10(9-15)5-6-16-14/h3-8H,1-2H3,(H,16,17). The Morgan fingerprint density at radius 2 is 2.00 bits per heavy atom. The van der Waals surface area contributed by atoms with Crippen LogP contribution in [-0.4, -0.2) is 19.2 Å². The number of anilines is 2. The number of methoxy groups -OCH3 is 2. The molecule has 1 aromatic carbocycles. The van der Waals surface area contributed by atoms with Gasteiger partial charge in [-0.15, -0.1) is 0 Å². The van der Waals surface area contributed by atoms with E-state index in [0.29, 0.717) is 22.9 Å². The molecule has 0 aliphatic heterocycles. The van der Waals surface area contributed by atoms with Crippen molar-refractivity contribution in [2.75, 3.05) is 19.5 Å². The van der Waals surface area contributed by atoms with Crippen molar-refractivity contribution < 1.29 is 9.47 Å². The molecule has 0 aliphatic carbocycles. The minimum atomic E-state index is 0.541. The van der Waals surface area contributed by atoms with Gasteiger partial charge in [-0.05, 0) is 24.3 Å². The Morgan fingerprint density at radius 3 is 2.68 bits per heavy atom. The van der Waals surface area contributed by atoms with Crippen molar-refractivity contribution in [3.05, 3.63) is 42.1 Å². The number of nitriles is 1. The average Bonchev–Trinajstić information content (AvgIpc) is 2.47. The third kappa shape index (κ3) is 2.93. The minimum Gasteiger partial charge on any atom is -0.497 e. The summed E-state index contributed by atoms with van der Waals surface area (Å²) in [6, 6.07) is 10.8. The monoisotopic (exact) mass is 255 g/mol. The van der Waals surface area contributed by atoms with Gasteiger partial charge in [0.1, 0.15) is 17.3 Å². The van der Waals surface area contributed by atoms with Crippen molar-refractivity contribution in [2.45, 2.75) is 0 Å². The lowest BCUT2D eigenvalue weighted by Gasteiger charge is -2.12. The average molecular weight is 255 g/mol. The normalized spacial score (nSPS) is 9.53. The summed E-state index contributed by atoms with van der Waals surface area (Å²) >= 11 is 0. The van der Waals surface area contributed by atoms with Gasteiger partial charge >= 0.3 is 0 Å². The van der Waals surface area contributed by atoms with E-state index in [4.69, 9.17) is 14.7 Å². The molecule has 2 aromatic rings. The first-order chi connectivity index (χ1) is 9.26. The van der Waals surface area contributed by atoms with Crippen LogP contribution < -0.4 is 14.8 Å². The maximum absolute atomic E-state index is 8.86. The largest absolute Gasteiger partial charge is 0.497 e. The van der Waals surface area contributed by atoms with E-state index in [1.165, 1.54) is 0 Å². The Kier molecular flexibility index (Phi) is 3.84. The van der Waals surface area contributed by atoms with Crippen LogP contribution in [0.5, 0.6) is 11.5 Å². The van der Waals surface area contributed by atoms with Crippen LogP contribution in [0.3, 0.4) is 0 Å². The second-order valence-electron chi connectivity index (χ2n) is 3.73. The molecule has 2 rings (SSSR count). The Bertz CT molecular complexity index is 620. The molecule has 96 valence electrons. The number of hydrogen-bond acceptors (Lipinski definition) is 5. The van der Waals surface area contributed by atoms with Gasteiger partial charge < -0.3 is 14.8 Å². The quantitative estimate of drug-likeness (QED) is 0.909. The lowest BCUT2D eigenvalue weighted by atomic mass is 10.2. The highest BCUT2D eigenvalue weighted by Gasteiger charge is 2.06. The van der Waals surface area contributed by atoms with E-state index in [0.717, 1.165) is 5.69 Å². The highest BCUT2D eigenvalue weighted by atomic mass is 16.5. The van der Waals surface area contributed by atoms with Crippen molar-refractivity contribution in [2.24, 2.45) is 0 Å². The van der Waals surface area contributed by atoms with E-state index in [1.807, 2.05) is 6.07 Å². The van der Waals surface area contributed by atoms with E-state index in [2.05, 4.69) is 16.4 Å². The molecule has 0 saturated heterocycles. The summed E-state index contributed by atoms with van der Waals surface area (Å²) in [6.45, 7) is 0. The van der Waals surface area contributed by atoms with Crippen LogP contribution in [-0.2, 0) is 0 Å². The fourth-order valence-corrected chi connectivity index (χ4v) is 1.62. The van der Waals surface area contributed by atoms with Crippen LogP contribution in [0.4, 0.5) is 11.5 Å². The van der Waals surface area contributed by atoms with E-state index >= 15 is 0 Å². The molecule has 5 nitrogen and oxygen atoms in total. The van der Waals surface area contributed by atoms with Crippen molar-refractivity contribution >= 4 is 11.5 Å². The molecule has 0 atom stereocenters. The summed E-state index contributed by atoms with van der Waals surface area (Å²) in [4.78, 5) is 4.15. The van der Waals surface area contributed by atoms with Gasteiger partial charge in [0.25, 0.3) is 0 Å². The molecule has 1 N–H and O–H groups in total. The fraction of sp³-hybridized carbons (Fsp3) is 0.143. The zero-order chi connectivity index (χ0) is 13.7. The van der Waals surface area contributed by atoms with Gasteiger partial charge in [0.2, 0.25) is 0 Å². The van der Waals surface area contributed by atoms with Crippen LogP contribution in [0, 0.1) is 11.3 Å². The number of benzene rings is 1. The van der Waals surface area contributed by atoms with Gasteiger partial charge in [-0.2, -0.15) is 5.26 Å². The first-order valence-electron chi connectivity index (χ1n) is 5.62. The summed E-state index contributed by atoms with van der Waals surface area (Å²) in [6.07, 6.45) is 1.58. The smallest absolute Gasteiger partial charge is 0.142 e. The number of aromatic nitrogens is 1. The van der Waals surface area contributed by atoms with E-state index in [-0.39, 0.29) is 0 Å². The number of pyridine rings is 1. The lowest BCUT2D eigenvalue weighted by Crippen LogP contribution is -1.97. The Balaban J connectivity index is 2.33. The fourth-order valence-electron chi connectivity index (χ4n) is 1.62. The molecular formula is C14H13N3O2. The molecular weight excluding hydrogens is 242 g/mol. The summed E-state index contributed by atoms with van der Waals surface area (Å²) in [5, 5.41) is 12.0. The molecule has 0 fully saturated rings. The molecule has 1 aromatic heterocycles. The number of nitrogens with zero attached hydrogens (tertiary/aromatic N) is 2. The molecule has 5 heteroatoms. The number of hydrogen-bond donors (Lipinski definition) is 1. The molecule has 0 radical (unpaired) electrons. The van der Waals surface area contributed by atoms with Crippen molar-refractivity contribution in [1.82, 2.24) is 4.98 Å². The third-order valence-electron chi connectivity index (χ3n) is 2.56. The predicted molar refractivity (Wildman–Crippen MR) is 71.8 cm³/mol. The minimum absolute atomic E-state index is 0.541. The van der Waals surface area contributed by atoms with Crippen molar-refractivity contribution in [3.63, 3.8) is 0 Å². The van der Waals surface area contributed by atoms with E-state index in [9.17, 15) is 0 Å². The number of ether oxygens (including phenoxy) is 2. The Morgan fingerprint density at radius 1 is 1.16 bits per heavy atom. The van der Waals surface area contributed by atoms with Gasteiger partial charge in [0, 0.05) is 12.3 Å². The molecule has 0 amide bonds. The van der Waals surface area contributed by atoms with Crippen molar-refractivity contribution in [3.8, 4) is 17.6 Å². The van der Waals surface area contributed by atoms with Crippen LogP contribution in [0.1, 0.15) is 5.56 Å². The first kappa shape index (κ1) is 12.7. The second kappa shape index (κ2) is 5.74. The van der Waals surface area contributed by atoms with Crippen LogP contribution in [0.25, 0.3) is 0 Å². The summed E-state index contributed by atoms with van der Waals surface area (Å²) in [5.74, 6) is 1.95. The maximum Gasteiger partial charge on any atom is 0.142 e. The first-order valence-corrected chi connectivity index (χ1v) is 5.62. The molecule has 19 heavy (non-hydrogen) atoms. The highest BCUT2D eigenvalue weighted by Crippen LogP contribution is 2.30. The molecule has 0 aliphatic rings. The van der Waals surface area contributed by atoms with Gasteiger partial charge in [0.15, 0.2) is 0 Å². The van der Waals surface area contributed by atoms with Crippen LogP contribution >= 0.6 is 0 Å². The summed E-state index contributed by atoms with van der Waals surface area (Å²) in [5.41, 5.74) is 1.27. The third-order valence-corrected chi connectivity index (χ3v) is 2.56. The van der Waals surface area contributed by atoms with Gasteiger partial charge in [-0.1, -0.05) is 0 Å². The molecule has 0 bridgehead atoms. The Hall–Kier alpha value is -2.74. The second-order valence-corrected chi connectivity index (χ2v) is 3.73. The van der Waals surface area contributed by atoms with Gasteiger partial charge in [-0.25, -0.2) is 4.98 Å². The zero-order valence-electron chi connectivity index (χ0n) is 10.7. The summed E-state index contributed by atoms with van der Waals surface area (Å²) in [7, 11) is 3.19. The molecule has 1 heterocycles. The molecule has 0 unspecified atom stereocenters. The lowest BCUT2D eigenvalue weighted by molar-refractivity contribution is 0.405. The topological polar surface area (TPSA) is 67.2 Å². The van der Waals surface area contributed by atoms with E-state index in [1.54, 1.807) is 44.7 Å². The SMILES string of the molecule is COc1ccc(OC)c(Nc2cc(C#N)ccn2)c1. The summed E-state index contributed by atoms with van der Waals surface area (Å²) < 4.78 is 10.4. The molecule has 0 saturated carbocycles. The highest BCUT2D eigenvalue weighted by molar-refractivity contribution is 5.66. The number of nitrogens with one attached hydrogen (secondary N) is 1. The van der Waals surface area contributed by atoms with Crippen LogP contribution in [0.15, 0.2) is 36.5 Å². The number of rotatable bonds is 4. The molecule has 0 spiro atoms. The Labute approximate surface area is 111 Å². The van der Waals surface area contributed by atoms with Crippen LogP contribution in [0.2, 0.25) is 0 Å². The maximum atomic E-state index is 8.86. The predicted octanol–water partition coefficient (Wildman–Crippen LogP) is 2.71. The van der Waals surface area contributed by atoms with Gasteiger partial charge in [-0.3, -0.25) is 0 Å². The van der Waals surface area contributed by atoms with Gasteiger partial charge in [0.05, 0.1) is 31.5 Å².